The van der Waals surface area contributed by atoms with Gasteiger partial charge in [0.1, 0.15) is 5.82 Å². The van der Waals surface area contributed by atoms with Crippen molar-refractivity contribution in [3.63, 3.8) is 0 Å². The number of hydrogen-bond donors (Lipinski definition) is 1. The van der Waals surface area contributed by atoms with Gasteiger partial charge in [-0.15, -0.1) is 0 Å². The second-order valence-corrected chi connectivity index (χ2v) is 6.59. The summed E-state index contributed by atoms with van der Waals surface area (Å²) in [7, 11) is 0. The Morgan fingerprint density at radius 1 is 1.04 bits per heavy atom. The lowest BCUT2D eigenvalue weighted by Gasteiger charge is -2.29. The highest BCUT2D eigenvalue weighted by atomic mass is 79.9. The van der Waals surface area contributed by atoms with Crippen molar-refractivity contribution in [3.8, 4) is 0 Å². The van der Waals surface area contributed by atoms with E-state index in [0.717, 1.165) is 30.4 Å². The van der Waals surface area contributed by atoms with Crippen LogP contribution in [0.15, 0.2) is 46.9 Å². The molecule has 0 radical (unpaired) electrons. The average Bonchev–Trinajstić information content (AvgIpc) is 2.56. The molecule has 1 N–H and O–H groups in total. The molecule has 0 unspecified atom stereocenters. The molecule has 0 aromatic heterocycles. The van der Waals surface area contributed by atoms with Crippen LogP contribution in [0.4, 0.5) is 15.8 Å². The van der Waals surface area contributed by atoms with Gasteiger partial charge in [-0.25, -0.2) is 4.39 Å². The number of nitrogens with zero attached hydrogens (tertiary/aromatic N) is 1. The summed E-state index contributed by atoms with van der Waals surface area (Å²) in [5, 5.41) is 2.74. The van der Waals surface area contributed by atoms with Gasteiger partial charge < -0.3 is 10.2 Å². The fraction of sp³-hybridized carbons (Fsp3) is 0.278. The van der Waals surface area contributed by atoms with E-state index in [0.29, 0.717) is 16.9 Å². The zero-order valence-electron chi connectivity index (χ0n) is 12.7. The Morgan fingerprint density at radius 2 is 1.74 bits per heavy atom. The predicted molar refractivity (Wildman–Crippen MR) is 94.6 cm³/mol. The number of piperidine rings is 1. The number of hydrogen-bond acceptors (Lipinski definition) is 2. The second kappa shape index (κ2) is 7.13. The molecule has 1 aliphatic rings. The monoisotopic (exact) mass is 376 g/mol. The van der Waals surface area contributed by atoms with Gasteiger partial charge in [0, 0.05) is 28.8 Å². The molecular formula is C18H18BrFN2O. The summed E-state index contributed by atoms with van der Waals surface area (Å²) in [6, 6.07) is 11.9. The van der Waals surface area contributed by atoms with E-state index < -0.39 is 0 Å². The standard InChI is InChI=1S/C18H18BrFN2O/c19-14-6-4-13(5-7-14)18(23)21-15-8-9-17(16(20)12-15)22-10-2-1-3-11-22/h4-9,12H,1-3,10-11H2,(H,21,23). The van der Waals surface area contributed by atoms with Crippen LogP contribution in [0.3, 0.4) is 0 Å². The molecule has 1 amide bonds. The van der Waals surface area contributed by atoms with E-state index in [1.54, 1.807) is 36.4 Å². The molecule has 1 saturated heterocycles. The van der Waals surface area contributed by atoms with Gasteiger partial charge in [-0.1, -0.05) is 15.9 Å². The van der Waals surface area contributed by atoms with E-state index in [-0.39, 0.29) is 11.7 Å². The van der Waals surface area contributed by atoms with Crippen molar-refractivity contribution in [2.45, 2.75) is 19.3 Å². The lowest BCUT2D eigenvalue weighted by molar-refractivity contribution is 0.102. The van der Waals surface area contributed by atoms with Gasteiger partial charge in [0.2, 0.25) is 0 Å². The molecule has 3 rings (SSSR count). The molecule has 0 saturated carbocycles. The van der Waals surface area contributed by atoms with E-state index in [9.17, 15) is 9.18 Å². The molecule has 0 aliphatic carbocycles. The van der Waals surface area contributed by atoms with Crippen LogP contribution in [0.2, 0.25) is 0 Å². The van der Waals surface area contributed by atoms with Gasteiger partial charge in [-0.05, 0) is 61.7 Å². The van der Waals surface area contributed by atoms with Gasteiger partial charge in [0.15, 0.2) is 0 Å². The molecule has 2 aromatic carbocycles. The molecule has 1 aliphatic heterocycles. The summed E-state index contributed by atoms with van der Waals surface area (Å²) in [6.45, 7) is 1.78. The minimum atomic E-state index is -0.291. The number of anilines is 2. The van der Waals surface area contributed by atoms with Crippen molar-refractivity contribution in [2.75, 3.05) is 23.3 Å². The first-order chi connectivity index (χ1) is 11.1. The normalized spacial score (nSPS) is 14.6. The lowest BCUT2D eigenvalue weighted by atomic mass is 10.1. The Labute approximate surface area is 143 Å². The van der Waals surface area contributed by atoms with Crippen molar-refractivity contribution in [3.05, 3.63) is 58.3 Å². The van der Waals surface area contributed by atoms with E-state index in [1.807, 2.05) is 0 Å². The summed E-state index contributed by atoms with van der Waals surface area (Å²) in [6.07, 6.45) is 3.41. The average molecular weight is 377 g/mol. The van der Waals surface area contributed by atoms with Crippen LogP contribution in [0.1, 0.15) is 29.6 Å². The summed E-state index contributed by atoms with van der Waals surface area (Å²) in [5.74, 6) is -0.539. The molecule has 0 spiro atoms. The largest absolute Gasteiger partial charge is 0.369 e. The van der Waals surface area contributed by atoms with Crippen molar-refractivity contribution in [1.29, 1.82) is 0 Å². The SMILES string of the molecule is O=C(Nc1ccc(N2CCCCC2)c(F)c1)c1ccc(Br)cc1. The Kier molecular flexibility index (Phi) is 4.96. The van der Waals surface area contributed by atoms with E-state index in [4.69, 9.17) is 0 Å². The Balaban J connectivity index is 1.72. The maximum atomic E-state index is 14.3. The molecule has 5 heteroatoms. The summed E-state index contributed by atoms with van der Waals surface area (Å²) >= 11 is 3.33. The van der Waals surface area contributed by atoms with Gasteiger partial charge in [0.05, 0.1) is 5.69 Å². The van der Waals surface area contributed by atoms with Crippen molar-refractivity contribution >= 4 is 33.2 Å². The van der Waals surface area contributed by atoms with Gasteiger partial charge >= 0.3 is 0 Å². The van der Waals surface area contributed by atoms with Crippen molar-refractivity contribution in [2.24, 2.45) is 0 Å². The zero-order valence-corrected chi connectivity index (χ0v) is 14.3. The minimum absolute atomic E-state index is 0.248. The van der Waals surface area contributed by atoms with Crippen LogP contribution in [0.25, 0.3) is 0 Å². The zero-order chi connectivity index (χ0) is 16.2. The Bertz CT molecular complexity index is 697. The molecule has 2 aromatic rings. The lowest BCUT2D eigenvalue weighted by Crippen LogP contribution is -2.30. The number of carbonyl (C=O) groups excluding carboxylic acids is 1. The van der Waals surface area contributed by atoms with E-state index >= 15 is 0 Å². The molecule has 1 heterocycles. The predicted octanol–water partition coefficient (Wildman–Crippen LogP) is 4.83. The third kappa shape index (κ3) is 3.91. The quantitative estimate of drug-likeness (QED) is 0.831. The molecular weight excluding hydrogens is 359 g/mol. The summed E-state index contributed by atoms with van der Waals surface area (Å²) < 4.78 is 15.2. The first-order valence-corrected chi connectivity index (χ1v) is 8.54. The molecule has 0 bridgehead atoms. The van der Waals surface area contributed by atoms with Crippen LogP contribution in [-0.4, -0.2) is 19.0 Å². The minimum Gasteiger partial charge on any atom is -0.369 e. The third-order valence-corrected chi connectivity index (χ3v) is 4.54. The highest BCUT2D eigenvalue weighted by molar-refractivity contribution is 9.10. The third-order valence-electron chi connectivity index (χ3n) is 4.01. The first kappa shape index (κ1) is 16.0. The molecule has 23 heavy (non-hydrogen) atoms. The summed E-state index contributed by atoms with van der Waals surface area (Å²) in [5.41, 5.74) is 1.62. The Hall–Kier alpha value is -1.88. The second-order valence-electron chi connectivity index (χ2n) is 5.67. The maximum absolute atomic E-state index is 14.3. The van der Waals surface area contributed by atoms with Crippen LogP contribution in [0.5, 0.6) is 0 Å². The highest BCUT2D eigenvalue weighted by Crippen LogP contribution is 2.26. The topological polar surface area (TPSA) is 32.3 Å². The van der Waals surface area contributed by atoms with Crippen molar-refractivity contribution < 1.29 is 9.18 Å². The number of amides is 1. The number of carbonyl (C=O) groups is 1. The van der Waals surface area contributed by atoms with Crippen LogP contribution < -0.4 is 10.2 Å². The fourth-order valence-electron chi connectivity index (χ4n) is 2.78. The maximum Gasteiger partial charge on any atom is 0.255 e. The van der Waals surface area contributed by atoms with Gasteiger partial charge in [-0.2, -0.15) is 0 Å². The Morgan fingerprint density at radius 3 is 2.39 bits per heavy atom. The number of rotatable bonds is 3. The molecule has 3 nitrogen and oxygen atoms in total. The smallest absolute Gasteiger partial charge is 0.255 e. The van der Waals surface area contributed by atoms with E-state index in [1.165, 1.54) is 12.5 Å². The van der Waals surface area contributed by atoms with Crippen LogP contribution in [-0.2, 0) is 0 Å². The first-order valence-electron chi connectivity index (χ1n) is 7.75. The molecule has 120 valence electrons. The number of nitrogens with one attached hydrogen (secondary N) is 1. The van der Waals surface area contributed by atoms with Crippen LogP contribution in [0, 0.1) is 5.82 Å². The van der Waals surface area contributed by atoms with Gasteiger partial charge in [-0.3, -0.25) is 4.79 Å². The van der Waals surface area contributed by atoms with Crippen molar-refractivity contribution in [1.82, 2.24) is 0 Å². The molecule has 0 atom stereocenters. The van der Waals surface area contributed by atoms with E-state index in [2.05, 4.69) is 26.1 Å². The fourth-order valence-corrected chi connectivity index (χ4v) is 3.04. The highest BCUT2D eigenvalue weighted by Gasteiger charge is 2.15. The van der Waals surface area contributed by atoms with Crippen LogP contribution >= 0.6 is 15.9 Å². The molecule has 1 fully saturated rings. The summed E-state index contributed by atoms with van der Waals surface area (Å²) in [4.78, 5) is 14.2. The van der Waals surface area contributed by atoms with Gasteiger partial charge in [0.25, 0.3) is 5.91 Å². The number of benzene rings is 2. The number of halogens is 2.